The lowest BCUT2D eigenvalue weighted by molar-refractivity contribution is -0.119. The monoisotopic (exact) mass is 400 g/mol. The van der Waals surface area contributed by atoms with E-state index in [0.717, 1.165) is 39.9 Å². The quantitative estimate of drug-likeness (QED) is 0.509. The predicted molar refractivity (Wildman–Crippen MR) is 113 cm³/mol. The van der Waals surface area contributed by atoms with Gasteiger partial charge in [-0.2, -0.15) is 5.10 Å². The van der Waals surface area contributed by atoms with Crippen LogP contribution in [0.4, 0.5) is 0 Å². The van der Waals surface area contributed by atoms with Crippen LogP contribution in [-0.2, 0) is 4.79 Å². The number of carbonyl (C=O) groups is 1. The standard InChI is InChI=1S/C23H20N4O3/c28-22-8-3-17(26-22)14-29-23-20-7-6-19(13-16(20)9-11-24-23)30-18-4-1-15(2-5-18)21-10-12-25-27-21/h1-2,4-7,9-13,17H,3,8,14H2,(H,25,27)(H,26,28)/t17-/m0/s1. The second kappa shape index (κ2) is 7.87. The highest BCUT2D eigenvalue weighted by Crippen LogP contribution is 2.30. The third kappa shape index (κ3) is 3.82. The summed E-state index contributed by atoms with van der Waals surface area (Å²) in [5, 5.41) is 11.7. The van der Waals surface area contributed by atoms with Gasteiger partial charge in [0, 0.05) is 24.2 Å². The van der Waals surface area contributed by atoms with Crippen LogP contribution in [0, 0.1) is 0 Å². The normalized spacial score (nSPS) is 15.9. The van der Waals surface area contributed by atoms with Crippen LogP contribution in [0.5, 0.6) is 17.4 Å². The maximum atomic E-state index is 11.3. The predicted octanol–water partition coefficient (Wildman–Crippen LogP) is 4.07. The van der Waals surface area contributed by atoms with Crippen molar-refractivity contribution in [2.24, 2.45) is 0 Å². The fourth-order valence-corrected chi connectivity index (χ4v) is 3.54. The number of fused-ring (bicyclic) bond motifs is 1. The van der Waals surface area contributed by atoms with E-state index in [-0.39, 0.29) is 11.9 Å². The van der Waals surface area contributed by atoms with Crippen molar-refractivity contribution in [1.82, 2.24) is 20.5 Å². The first-order valence-corrected chi connectivity index (χ1v) is 9.83. The fourth-order valence-electron chi connectivity index (χ4n) is 3.54. The van der Waals surface area contributed by atoms with Crippen LogP contribution >= 0.6 is 0 Å². The van der Waals surface area contributed by atoms with Gasteiger partial charge in [-0.3, -0.25) is 9.89 Å². The molecule has 0 aliphatic carbocycles. The molecule has 150 valence electrons. The van der Waals surface area contributed by atoms with Crippen molar-refractivity contribution in [2.75, 3.05) is 6.61 Å². The molecular formula is C23H20N4O3. The smallest absolute Gasteiger partial charge is 0.221 e. The van der Waals surface area contributed by atoms with Crippen molar-refractivity contribution in [3.8, 4) is 28.6 Å². The minimum Gasteiger partial charge on any atom is -0.475 e. The van der Waals surface area contributed by atoms with Crippen LogP contribution < -0.4 is 14.8 Å². The number of amides is 1. The van der Waals surface area contributed by atoms with Gasteiger partial charge in [-0.15, -0.1) is 0 Å². The largest absolute Gasteiger partial charge is 0.475 e. The fraction of sp³-hybridized carbons (Fsp3) is 0.174. The summed E-state index contributed by atoms with van der Waals surface area (Å²) in [4.78, 5) is 15.7. The Labute approximate surface area is 173 Å². The van der Waals surface area contributed by atoms with Crippen molar-refractivity contribution in [1.29, 1.82) is 0 Å². The zero-order chi connectivity index (χ0) is 20.3. The molecule has 7 nitrogen and oxygen atoms in total. The van der Waals surface area contributed by atoms with Crippen LogP contribution in [0.15, 0.2) is 67.0 Å². The lowest BCUT2D eigenvalue weighted by Gasteiger charge is -2.13. The van der Waals surface area contributed by atoms with Gasteiger partial charge >= 0.3 is 0 Å². The molecule has 1 saturated heterocycles. The number of ether oxygens (including phenoxy) is 2. The van der Waals surface area contributed by atoms with Crippen LogP contribution in [0.1, 0.15) is 12.8 Å². The molecule has 1 aliphatic heterocycles. The molecule has 1 fully saturated rings. The zero-order valence-electron chi connectivity index (χ0n) is 16.2. The number of pyridine rings is 1. The zero-order valence-corrected chi connectivity index (χ0v) is 16.2. The molecule has 0 radical (unpaired) electrons. The van der Waals surface area contributed by atoms with Gasteiger partial charge in [-0.1, -0.05) is 0 Å². The lowest BCUT2D eigenvalue weighted by atomic mass is 10.1. The summed E-state index contributed by atoms with van der Waals surface area (Å²) >= 11 is 0. The molecule has 2 N–H and O–H groups in total. The topological polar surface area (TPSA) is 89.1 Å². The molecule has 1 aliphatic rings. The summed E-state index contributed by atoms with van der Waals surface area (Å²) in [5.74, 6) is 2.12. The van der Waals surface area contributed by atoms with Crippen molar-refractivity contribution in [3.05, 3.63) is 67.0 Å². The van der Waals surface area contributed by atoms with Crippen molar-refractivity contribution in [2.45, 2.75) is 18.9 Å². The molecule has 2 aromatic heterocycles. The summed E-state index contributed by atoms with van der Waals surface area (Å²) in [6.45, 7) is 0.415. The molecule has 30 heavy (non-hydrogen) atoms. The number of rotatable bonds is 6. The number of hydrogen-bond acceptors (Lipinski definition) is 5. The average molecular weight is 400 g/mol. The first-order valence-electron chi connectivity index (χ1n) is 9.83. The van der Waals surface area contributed by atoms with Crippen LogP contribution in [-0.4, -0.2) is 33.7 Å². The van der Waals surface area contributed by atoms with Crippen molar-refractivity contribution < 1.29 is 14.3 Å². The van der Waals surface area contributed by atoms with Crippen LogP contribution in [0.25, 0.3) is 22.0 Å². The van der Waals surface area contributed by atoms with Gasteiger partial charge in [0.2, 0.25) is 11.8 Å². The molecule has 1 atom stereocenters. The molecule has 0 saturated carbocycles. The van der Waals surface area contributed by atoms with E-state index >= 15 is 0 Å². The molecule has 3 heterocycles. The highest BCUT2D eigenvalue weighted by atomic mass is 16.5. The number of benzene rings is 2. The Hall–Kier alpha value is -3.87. The Morgan fingerprint density at radius 2 is 1.87 bits per heavy atom. The van der Waals surface area contributed by atoms with Gasteiger partial charge in [-0.25, -0.2) is 4.98 Å². The second-order valence-corrected chi connectivity index (χ2v) is 7.21. The summed E-state index contributed by atoms with van der Waals surface area (Å²) in [6, 6.07) is 17.5. The lowest BCUT2D eigenvalue weighted by Crippen LogP contribution is -2.31. The Balaban J connectivity index is 1.30. The van der Waals surface area contributed by atoms with E-state index in [2.05, 4.69) is 20.5 Å². The van der Waals surface area contributed by atoms with Gasteiger partial charge in [0.15, 0.2) is 0 Å². The first kappa shape index (κ1) is 18.2. The Bertz CT molecular complexity index is 1170. The number of nitrogens with zero attached hydrogens (tertiary/aromatic N) is 2. The second-order valence-electron chi connectivity index (χ2n) is 7.21. The molecule has 0 bridgehead atoms. The molecule has 0 spiro atoms. The van der Waals surface area contributed by atoms with E-state index in [1.54, 1.807) is 12.4 Å². The molecular weight excluding hydrogens is 380 g/mol. The summed E-state index contributed by atoms with van der Waals surface area (Å²) in [5.41, 5.74) is 2.01. The number of hydrogen-bond donors (Lipinski definition) is 2. The summed E-state index contributed by atoms with van der Waals surface area (Å²) < 4.78 is 11.9. The van der Waals surface area contributed by atoms with Gasteiger partial charge in [0.05, 0.1) is 11.7 Å². The highest BCUT2D eigenvalue weighted by molar-refractivity contribution is 5.88. The van der Waals surface area contributed by atoms with Crippen molar-refractivity contribution in [3.63, 3.8) is 0 Å². The number of aromatic nitrogens is 3. The Kier molecular flexibility index (Phi) is 4.77. The number of carbonyl (C=O) groups excluding carboxylic acids is 1. The van der Waals surface area contributed by atoms with Crippen LogP contribution in [0.2, 0.25) is 0 Å². The van der Waals surface area contributed by atoms with E-state index in [9.17, 15) is 4.79 Å². The third-order valence-electron chi connectivity index (χ3n) is 5.11. The molecule has 5 rings (SSSR count). The number of nitrogens with one attached hydrogen (secondary N) is 2. The van der Waals surface area contributed by atoms with Gasteiger partial charge in [0.1, 0.15) is 18.1 Å². The molecule has 2 aromatic carbocycles. The van der Waals surface area contributed by atoms with Gasteiger partial charge < -0.3 is 14.8 Å². The molecule has 7 heteroatoms. The van der Waals surface area contributed by atoms with Crippen LogP contribution in [0.3, 0.4) is 0 Å². The minimum atomic E-state index is 0.0434. The summed E-state index contributed by atoms with van der Waals surface area (Å²) in [6.07, 6.45) is 4.79. The minimum absolute atomic E-state index is 0.0434. The van der Waals surface area contributed by atoms with Gasteiger partial charge in [-0.05, 0) is 72.0 Å². The summed E-state index contributed by atoms with van der Waals surface area (Å²) in [7, 11) is 0. The van der Waals surface area contributed by atoms with E-state index in [4.69, 9.17) is 9.47 Å². The number of H-pyrrole nitrogens is 1. The van der Waals surface area contributed by atoms with E-state index in [1.165, 1.54) is 0 Å². The Morgan fingerprint density at radius 3 is 2.63 bits per heavy atom. The highest BCUT2D eigenvalue weighted by Gasteiger charge is 2.21. The van der Waals surface area contributed by atoms with Crippen molar-refractivity contribution >= 4 is 16.7 Å². The Morgan fingerprint density at radius 1 is 1.00 bits per heavy atom. The maximum absolute atomic E-state index is 11.3. The van der Waals surface area contributed by atoms with E-state index in [1.807, 2.05) is 54.6 Å². The third-order valence-corrected chi connectivity index (χ3v) is 5.11. The SMILES string of the molecule is O=C1CC[C@@H](COc2nccc3cc(Oc4ccc(-c5ccn[nH]5)cc4)ccc23)N1. The molecule has 4 aromatic rings. The van der Waals surface area contributed by atoms with E-state index < -0.39 is 0 Å². The van der Waals surface area contributed by atoms with Gasteiger partial charge in [0.25, 0.3) is 0 Å². The molecule has 1 amide bonds. The average Bonchev–Trinajstić information content (AvgIpc) is 3.45. The van der Waals surface area contributed by atoms with E-state index in [0.29, 0.717) is 18.9 Å². The first-order chi connectivity index (χ1) is 14.7. The number of aromatic amines is 1. The maximum Gasteiger partial charge on any atom is 0.221 e. The molecule has 0 unspecified atom stereocenters.